The maximum atomic E-state index is 6.56. The van der Waals surface area contributed by atoms with Crippen LogP contribution < -0.4 is 11.1 Å². The molecule has 2 nitrogen and oxygen atoms in total. The van der Waals surface area contributed by atoms with E-state index in [-0.39, 0.29) is 17.5 Å². The molecule has 0 radical (unpaired) electrons. The predicted molar refractivity (Wildman–Crippen MR) is 82.3 cm³/mol. The van der Waals surface area contributed by atoms with Gasteiger partial charge in [-0.05, 0) is 29.4 Å². The Labute approximate surface area is 121 Å². The van der Waals surface area contributed by atoms with Crippen LogP contribution in [0.4, 0.5) is 0 Å². The van der Waals surface area contributed by atoms with E-state index in [9.17, 15) is 0 Å². The van der Waals surface area contributed by atoms with Crippen LogP contribution in [-0.4, -0.2) is 12.1 Å². The molecule has 1 heterocycles. The zero-order valence-corrected chi connectivity index (χ0v) is 13.0. The fourth-order valence-electron chi connectivity index (χ4n) is 3.50. The third-order valence-electron chi connectivity index (χ3n) is 4.31. The lowest BCUT2D eigenvalue weighted by atomic mass is 9.72. The van der Waals surface area contributed by atoms with Crippen molar-refractivity contribution < 1.29 is 0 Å². The van der Waals surface area contributed by atoms with E-state index in [1.165, 1.54) is 0 Å². The Kier molecular flexibility index (Phi) is 4.24. The molecule has 4 atom stereocenters. The topological polar surface area (TPSA) is 38.0 Å². The van der Waals surface area contributed by atoms with Crippen LogP contribution in [0.15, 0.2) is 24.3 Å². The molecule has 0 aromatic heterocycles. The number of hydrogen-bond donors (Lipinski definition) is 2. The number of rotatable bonds is 2. The van der Waals surface area contributed by atoms with Gasteiger partial charge in [0.15, 0.2) is 0 Å². The highest BCUT2D eigenvalue weighted by Gasteiger charge is 2.46. The molecular formula is C16H25ClN2. The van der Waals surface area contributed by atoms with Gasteiger partial charge in [-0.25, -0.2) is 0 Å². The largest absolute Gasteiger partial charge is 0.326 e. The van der Waals surface area contributed by atoms with Crippen LogP contribution in [0.1, 0.15) is 45.7 Å². The summed E-state index contributed by atoms with van der Waals surface area (Å²) in [6, 6.07) is 8.73. The highest BCUT2D eigenvalue weighted by atomic mass is 35.5. The van der Waals surface area contributed by atoms with Crippen LogP contribution >= 0.6 is 11.6 Å². The van der Waals surface area contributed by atoms with Crippen molar-refractivity contribution in [1.82, 2.24) is 5.32 Å². The van der Waals surface area contributed by atoms with Gasteiger partial charge >= 0.3 is 0 Å². The maximum Gasteiger partial charge on any atom is 0.0494 e. The average molecular weight is 281 g/mol. The van der Waals surface area contributed by atoms with Gasteiger partial charge in [0.05, 0.1) is 0 Å². The number of halogens is 1. The standard InChI is InChI=1S/C16H25ClN2/c1-5-12-13(16(2,3)4)14(18)15(19-12)10-8-6-7-9-11(10)17/h6-9,12-15,19H,5,18H2,1-4H3. The molecule has 106 valence electrons. The smallest absolute Gasteiger partial charge is 0.0494 e. The zero-order chi connectivity index (χ0) is 14.2. The van der Waals surface area contributed by atoms with Crippen molar-refractivity contribution in [1.29, 1.82) is 0 Å². The normalized spacial score (nSPS) is 31.7. The first kappa shape index (κ1) is 14.8. The average Bonchev–Trinajstić information content (AvgIpc) is 2.66. The van der Waals surface area contributed by atoms with Gasteiger partial charge in [-0.3, -0.25) is 0 Å². The molecule has 4 unspecified atom stereocenters. The summed E-state index contributed by atoms with van der Waals surface area (Å²) in [5, 5.41) is 4.50. The third kappa shape index (κ3) is 2.81. The molecule has 0 bridgehead atoms. The molecule has 2 rings (SSSR count). The first-order chi connectivity index (χ1) is 8.86. The minimum atomic E-state index is 0.102. The molecular weight excluding hydrogens is 256 g/mol. The Hall–Kier alpha value is -0.570. The van der Waals surface area contributed by atoms with Gasteiger partial charge < -0.3 is 11.1 Å². The van der Waals surface area contributed by atoms with Crippen molar-refractivity contribution in [2.75, 3.05) is 0 Å². The highest BCUT2D eigenvalue weighted by molar-refractivity contribution is 6.31. The molecule has 0 amide bonds. The Morgan fingerprint density at radius 2 is 1.89 bits per heavy atom. The van der Waals surface area contributed by atoms with Crippen LogP contribution in [0.5, 0.6) is 0 Å². The zero-order valence-electron chi connectivity index (χ0n) is 12.3. The summed E-state index contributed by atoms with van der Waals surface area (Å²) in [6.45, 7) is 9.04. The molecule has 19 heavy (non-hydrogen) atoms. The van der Waals surface area contributed by atoms with Crippen molar-refractivity contribution in [2.24, 2.45) is 17.1 Å². The Bertz CT molecular complexity index is 439. The lowest BCUT2D eigenvalue weighted by molar-refractivity contribution is 0.194. The third-order valence-corrected chi connectivity index (χ3v) is 4.65. The first-order valence-corrected chi connectivity index (χ1v) is 7.50. The van der Waals surface area contributed by atoms with Gasteiger partial charge in [0.25, 0.3) is 0 Å². The van der Waals surface area contributed by atoms with Crippen LogP contribution in [0.25, 0.3) is 0 Å². The molecule has 1 aliphatic heterocycles. The molecule has 1 aromatic carbocycles. The number of nitrogens with two attached hydrogens (primary N) is 1. The first-order valence-electron chi connectivity index (χ1n) is 7.12. The maximum absolute atomic E-state index is 6.56. The van der Waals surface area contributed by atoms with E-state index in [4.69, 9.17) is 17.3 Å². The number of hydrogen-bond acceptors (Lipinski definition) is 2. The quantitative estimate of drug-likeness (QED) is 0.866. The second kappa shape index (κ2) is 5.43. The summed E-state index contributed by atoms with van der Waals surface area (Å²) in [4.78, 5) is 0. The van der Waals surface area contributed by atoms with Gasteiger partial charge in [-0.2, -0.15) is 0 Å². The van der Waals surface area contributed by atoms with Crippen LogP contribution in [0, 0.1) is 11.3 Å². The molecule has 1 aromatic rings. The van der Waals surface area contributed by atoms with E-state index in [0.717, 1.165) is 17.0 Å². The Morgan fingerprint density at radius 1 is 1.26 bits per heavy atom. The van der Waals surface area contributed by atoms with Gasteiger partial charge in [-0.15, -0.1) is 0 Å². The SMILES string of the molecule is CCC1NC(c2ccccc2Cl)C(N)C1C(C)(C)C. The summed E-state index contributed by atoms with van der Waals surface area (Å²) in [6.07, 6.45) is 1.09. The molecule has 0 saturated carbocycles. The summed E-state index contributed by atoms with van der Waals surface area (Å²) >= 11 is 6.33. The van der Waals surface area contributed by atoms with Gasteiger partial charge in [0, 0.05) is 23.1 Å². The lowest BCUT2D eigenvalue weighted by Crippen LogP contribution is -2.41. The molecule has 1 aliphatic rings. The fraction of sp³-hybridized carbons (Fsp3) is 0.625. The van der Waals surface area contributed by atoms with Crippen LogP contribution in [0.2, 0.25) is 5.02 Å². The summed E-state index contributed by atoms with van der Waals surface area (Å²) < 4.78 is 0. The molecule has 1 saturated heterocycles. The van der Waals surface area contributed by atoms with Crippen LogP contribution in [-0.2, 0) is 0 Å². The summed E-state index contributed by atoms with van der Waals surface area (Å²) in [5.41, 5.74) is 7.88. The van der Waals surface area contributed by atoms with Crippen molar-refractivity contribution in [3.63, 3.8) is 0 Å². The van der Waals surface area contributed by atoms with E-state index in [1.54, 1.807) is 0 Å². The number of benzene rings is 1. The molecule has 3 heteroatoms. The van der Waals surface area contributed by atoms with Crippen molar-refractivity contribution in [3.05, 3.63) is 34.9 Å². The monoisotopic (exact) mass is 280 g/mol. The second-order valence-corrected chi connectivity index (χ2v) is 7.06. The highest BCUT2D eigenvalue weighted by Crippen LogP contribution is 2.42. The number of nitrogens with one attached hydrogen (secondary N) is 1. The van der Waals surface area contributed by atoms with Crippen molar-refractivity contribution in [2.45, 2.75) is 52.2 Å². The van der Waals surface area contributed by atoms with Crippen LogP contribution in [0.3, 0.4) is 0 Å². The summed E-state index contributed by atoms with van der Waals surface area (Å²) in [7, 11) is 0. The molecule has 1 fully saturated rings. The second-order valence-electron chi connectivity index (χ2n) is 6.65. The minimum absolute atomic E-state index is 0.102. The molecule has 3 N–H and O–H groups in total. The van der Waals surface area contributed by atoms with E-state index in [2.05, 4.69) is 39.1 Å². The van der Waals surface area contributed by atoms with E-state index < -0.39 is 0 Å². The summed E-state index contributed by atoms with van der Waals surface area (Å²) in [5.74, 6) is 0.457. The van der Waals surface area contributed by atoms with E-state index >= 15 is 0 Å². The van der Waals surface area contributed by atoms with E-state index in [1.807, 2.05) is 18.2 Å². The lowest BCUT2D eigenvalue weighted by Gasteiger charge is -2.34. The fourth-order valence-corrected chi connectivity index (χ4v) is 3.75. The van der Waals surface area contributed by atoms with Crippen molar-refractivity contribution >= 4 is 11.6 Å². The van der Waals surface area contributed by atoms with E-state index in [0.29, 0.717) is 12.0 Å². The predicted octanol–water partition coefficient (Wildman–Crippen LogP) is 3.75. The Morgan fingerprint density at radius 3 is 2.37 bits per heavy atom. The molecule has 0 spiro atoms. The van der Waals surface area contributed by atoms with Gasteiger partial charge in [0.1, 0.15) is 0 Å². The van der Waals surface area contributed by atoms with Gasteiger partial charge in [0.2, 0.25) is 0 Å². The van der Waals surface area contributed by atoms with Gasteiger partial charge in [-0.1, -0.05) is 57.5 Å². The van der Waals surface area contributed by atoms with Crippen molar-refractivity contribution in [3.8, 4) is 0 Å². The Balaban J connectivity index is 2.33. The minimum Gasteiger partial charge on any atom is -0.326 e. The molecule has 0 aliphatic carbocycles.